The zero-order chi connectivity index (χ0) is 16.4. The van der Waals surface area contributed by atoms with Gasteiger partial charge in [-0.25, -0.2) is 0 Å². The van der Waals surface area contributed by atoms with Gasteiger partial charge in [0.25, 0.3) is 5.91 Å². The Balaban J connectivity index is 1.80. The molecular weight excluding hydrogens is 316 g/mol. The van der Waals surface area contributed by atoms with Gasteiger partial charge in [0.2, 0.25) is 5.91 Å². The first-order chi connectivity index (χ1) is 11.0. The molecule has 0 fully saturated rings. The minimum Gasteiger partial charge on any atom is -0.479 e. The number of fused-ring (bicyclic) bond motifs is 1. The molecule has 1 heterocycles. The van der Waals surface area contributed by atoms with Crippen molar-refractivity contribution in [3.63, 3.8) is 0 Å². The first-order valence-electron chi connectivity index (χ1n) is 7.13. The minimum atomic E-state index is -0.209. The summed E-state index contributed by atoms with van der Waals surface area (Å²) in [6, 6.07) is 10.8. The number of rotatable bonds is 3. The molecule has 5 nitrogen and oxygen atoms in total. The minimum absolute atomic E-state index is 0.0623. The van der Waals surface area contributed by atoms with Crippen LogP contribution in [-0.2, 0) is 16.0 Å². The Morgan fingerprint density at radius 1 is 1.35 bits per heavy atom. The van der Waals surface area contributed by atoms with E-state index in [0.29, 0.717) is 22.1 Å². The molecule has 23 heavy (non-hydrogen) atoms. The molecule has 3 rings (SSSR count). The van der Waals surface area contributed by atoms with Crippen molar-refractivity contribution in [2.75, 3.05) is 17.2 Å². The first-order valence-corrected chi connectivity index (χ1v) is 7.50. The molecule has 0 aromatic heterocycles. The van der Waals surface area contributed by atoms with Gasteiger partial charge in [0.05, 0.1) is 17.8 Å². The van der Waals surface area contributed by atoms with E-state index in [1.165, 1.54) is 0 Å². The Labute approximate surface area is 138 Å². The topological polar surface area (TPSA) is 67.4 Å². The number of carbonyl (C=O) groups is 2. The zero-order valence-corrected chi connectivity index (χ0v) is 13.2. The molecule has 0 saturated heterocycles. The van der Waals surface area contributed by atoms with Crippen LogP contribution in [-0.4, -0.2) is 18.4 Å². The molecule has 0 saturated carbocycles. The van der Waals surface area contributed by atoms with E-state index in [0.717, 1.165) is 11.1 Å². The molecule has 0 radical (unpaired) electrons. The molecule has 2 N–H and O–H groups in total. The highest BCUT2D eigenvalue weighted by atomic mass is 35.5. The fourth-order valence-electron chi connectivity index (χ4n) is 2.47. The molecule has 118 valence electrons. The van der Waals surface area contributed by atoms with Crippen LogP contribution < -0.4 is 15.4 Å². The van der Waals surface area contributed by atoms with Crippen molar-refractivity contribution in [1.29, 1.82) is 0 Å². The number of hydrogen-bond acceptors (Lipinski definition) is 3. The van der Waals surface area contributed by atoms with Crippen LogP contribution in [0.1, 0.15) is 11.1 Å². The lowest BCUT2D eigenvalue weighted by Crippen LogP contribution is -2.26. The second-order valence-corrected chi connectivity index (χ2v) is 5.82. The number of aryl methyl sites for hydroxylation is 1. The van der Waals surface area contributed by atoms with Gasteiger partial charge in [0.15, 0.2) is 12.4 Å². The lowest BCUT2D eigenvalue weighted by molar-refractivity contribution is -0.118. The number of carbonyl (C=O) groups excluding carboxylic acids is 2. The Kier molecular flexibility index (Phi) is 4.21. The van der Waals surface area contributed by atoms with E-state index in [1.807, 2.05) is 19.1 Å². The molecule has 0 aliphatic carbocycles. The molecule has 2 aromatic rings. The Morgan fingerprint density at radius 2 is 2.17 bits per heavy atom. The summed E-state index contributed by atoms with van der Waals surface area (Å²) < 4.78 is 5.44. The largest absolute Gasteiger partial charge is 0.479 e. The number of halogens is 1. The van der Waals surface area contributed by atoms with Crippen LogP contribution in [0.15, 0.2) is 36.4 Å². The van der Waals surface area contributed by atoms with E-state index in [1.54, 1.807) is 24.3 Å². The van der Waals surface area contributed by atoms with E-state index in [4.69, 9.17) is 16.3 Å². The van der Waals surface area contributed by atoms with Crippen molar-refractivity contribution in [3.05, 3.63) is 52.5 Å². The normalized spacial score (nSPS) is 12.9. The van der Waals surface area contributed by atoms with Crippen LogP contribution in [0, 0.1) is 6.92 Å². The third-order valence-corrected chi connectivity index (χ3v) is 3.62. The summed E-state index contributed by atoms with van der Waals surface area (Å²) in [5.41, 5.74) is 2.85. The smallest absolute Gasteiger partial charge is 0.262 e. The summed E-state index contributed by atoms with van der Waals surface area (Å²) >= 11 is 5.93. The maximum absolute atomic E-state index is 12.3. The summed E-state index contributed by atoms with van der Waals surface area (Å²) in [6.45, 7) is 1.82. The van der Waals surface area contributed by atoms with Gasteiger partial charge in [-0.05, 0) is 42.3 Å². The zero-order valence-electron chi connectivity index (χ0n) is 12.5. The van der Waals surface area contributed by atoms with Gasteiger partial charge >= 0.3 is 0 Å². The molecule has 6 heteroatoms. The summed E-state index contributed by atoms with van der Waals surface area (Å²) in [7, 11) is 0. The van der Waals surface area contributed by atoms with Crippen molar-refractivity contribution in [1.82, 2.24) is 0 Å². The van der Waals surface area contributed by atoms with Crippen LogP contribution in [0.2, 0.25) is 5.02 Å². The summed E-state index contributed by atoms with van der Waals surface area (Å²) in [4.78, 5) is 23.7. The van der Waals surface area contributed by atoms with E-state index >= 15 is 0 Å². The monoisotopic (exact) mass is 330 g/mol. The second kappa shape index (κ2) is 6.30. The second-order valence-electron chi connectivity index (χ2n) is 5.38. The van der Waals surface area contributed by atoms with Gasteiger partial charge in [-0.15, -0.1) is 0 Å². The molecule has 0 unspecified atom stereocenters. The Hall–Kier alpha value is -2.53. The van der Waals surface area contributed by atoms with E-state index in [-0.39, 0.29) is 24.8 Å². The van der Waals surface area contributed by atoms with Crippen molar-refractivity contribution >= 4 is 34.8 Å². The molecular formula is C17H15ClN2O3. The first kappa shape index (κ1) is 15.4. The summed E-state index contributed by atoms with van der Waals surface area (Å²) in [6.07, 6.45) is 0.204. The van der Waals surface area contributed by atoms with E-state index in [9.17, 15) is 9.59 Å². The van der Waals surface area contributed by atoms with E-state index in [2.05, 4.69) is 10.6 Å². The van der Waals surface area contributed by atoms with Gasteiger partial charge in [0, 0.05) is 5.02 Å². The van der Waals surface area contributed by atoms with Crippen molar-refractivity contribution in [2.45, 2.75) is 13.3 Å². The standard InChI is InChI=1S/C17H15ClN2O3/c1-10-5-13(17-14(6-10)20-16(22)9-23-17)19-15(21)8-11-3-2-4-12(18)7-11/h2-7H,8-9H2,1H3,(H,19,21)(H,20,22). The van der Waals surface area contributed by atoms with Gasteiger partial charge in [0.1, 0.15) is 0 Å². The van der Waals surface area contributed by atoms with Crippen LogP contribution in [0.25, 0.3) is 0 Å². The summed E-state index contributed by atoms with van der Waals surface area (Å²) in [5.74, 6) is 0.0921. The SMILES string of the molecule is Cc1cc2c(c(NC(=O)Cc3cccc(Cl)c3)c1)OCC(=O)N2. The molecule has 1 aliphatic heterocycles. The van der Waals surface area contributed by atoms with Gasteiger partial charge in [-0.2, -0.15) is 0 Å². The third kappa shape index (κ3) is 3.63. The van der Waals surface area contributed by atoms with Crippen molar-refractivity contribution in [2.24, 2.45) is 0 Å². The average molecular weight is 331 g/mol. The molecule has 1 aliphatic rings. The van der Waals surface area contributed by atoms with Gasteiger partial charge in [-0.3, -0.25) is 9.59 Å². The lowest BCUT2D eigenvalue weighted by atomic mass is 10.1. The number of ether oxygens (including phenoxy) is 1. The quantitative estimate of drug-likeness (QED) is 0.908. The predicted octanol–water partition coefficient (Wildman–Crippen LogP) is 3.16. The average Bonchev–Trinajstić information content (AvgIpc) is 2.46. The molecule has 0 spiro atoms. The van der Waals surface area contributed by atoms with Gasteiger partial charge < -0.3 is 15.4 Å². The predicted molar refractivity (Wildman–Crippen MR) is 89.1 cm³/mol. The highest BCUT2D eigenvalue weighted by molar-refractivity contribution is 6.30. The number of hydrogen-bond donors (Lipinski definition) is 2. The van der Waals surface area contributed by atoms with Crippen LogP contribution in [0.4, 0.5) is 11.4 Å². The fraction of sp³-hybridized carbons (Fsp3) is 0.176. The van der Waals surface area contributed by atoms with Gasteiger partial charge in [-0.1, -0.05) is 23.7 Å². The fourth-order valence-corrected chi connectivity index (χ4v) is 2.68. The number of anilines is 2. The van der Waals surface area contributed by atoms with Crippen molar-refractivity contribution < 1.29 is 14.3 Å². The van der Waals surface area contributed by atoms with Crippen LogP contribution in [0.3, 0.4) is 0 Å². The van der Waals surface area contributed by atoms with Crippen LogP contribution >= 0.6 is 11.6 Å². The van der Waals surface area contributed by atoms with E-state index < -0.39 is 0 Å². The molecule has 2 amide bonds. The van der Waals surface area contributed by atoms with Crippen molar-refractivity contribution in [3.8, 4) is 5.75 Å². The maximum Gasteiger partial charge on any atom is 0.262 e. The highest BCUT2D eigenvalue weighted by Crippen LogP contribution is 2.37. The lowest BCUT2D eigenvalue weighted by Gasteiger charge is -2.21. The highest BCUT2D eigenvalue weighted by Gasteiger charge is 2.21. The molecule has 0 bridgehead atoms. The summed E-state index contributed by atoms with van der Waals surface area (Å²) in [5, 5.41) is 6.17. The number of nitrogens with one attached hydrogen (secondary N) is 2. The number of amides is 2. The maximum atomic E-state index is 12.3. The molecule has 2 aromatic carbocycles. The molecule has 0 atom stereocenters. The Bertz CT molecular complexity index is 789. The number of benzene rings is 2. The third-order valence-electron chi connectivity index (χ3n) is 3.38. The Morgan fingerprint density at radius 3 is 2.96 bits per heavy atom. The van der Waals surface area contributed by atoms with Crippen LogP contribution in [0.5, 0.6) is 5.75 Å².